The lowest BCUT2D eigenvalue weighted by Gasteiger charge is -2.12. The number of hydrogen-bond donors (Lipinski definition) is 3. The number of alkyl halides is 2. The van der Waals surface area contributed by atoms with Crippen molar-refractivity contribution in [3.05, 3.63) is 23.8 Å². The van der Waals surface area contributed by atoms with Gasteiger partial charge in [-0.3, -0.25) is 0 Å². The third-order valence-corrected chi connectivity index (χ3v) is 1.64. The number of aromatic hydroxyl groups is 2. The fourth-order valence-electron chi connectivity index (χ4n) is 0.950. The molecule has 0 saturated heterocycles. The van der Waals surface area contributed by atoms with E-state index in [2.05, 4.69) is 0 Å². The van der Waals surface area contributed by atoms with Gasteiger partial charge in [0.1, 0.15) is 11.5 Å². The highest BCUT2D eigenvalue weighted by Crippen LogP contribution is 2.29. The standard InChI is InChI=1S/C8H9F2NO2.ClH/c9-8(10)7(11)5-2-1-4(12)3-6(5)13;/h1-3,7-8,12-13H,11H2;1H/t7-;/m0./s1. The topological polar surface area (TPSA) is 66.5 Å². The second-order valence-corrected chi connectivity index (χ2v) is 2.60. The fourth-order valence-corrected chi connectivity index (χ4v) is 0.950. The van der Waals surface area contributed by atoms with Crippen molar-refractivity contribution in [1.29, 1.82) is 0 Å². The molecule has 3 nitrogen and oxygen atoms in total. The van der Waals surface area contributed by atoms with Gasteiger partial charge in [0.15, 0.2) is 0 Å². The second-order valence-electron chi connectivity index (χ2n) is 2.60. The summed E-state index contributed by atoms with van der Waals surface area (Å²) in [4.78, 5) is 0. The summed E-state index contributed by atoms with van der Waals surface area (Å²) in [5.41, 5.74) is 5.02. The predicted molar refractivity (Wildman–Crippen MR) is 50.0 cm³/mol. The van der Waals surface area contributed by atoms with Gasteiger partial charge < -0.3 is 15.9 Å². The van der Waals surface area contributed by atoms with Gasteiger partial charge in [0.05, 0.1) is 6.04 Å². The van der Waals surface area contributed by atoms with E-state index < -0.39 is 18.2 Å². The normalized spacial score (nSPS) is 12.3. The Kier molecular flexibility index (Phi) is 4.59. The Labute approximate surface area is 85.6 Å². The van der Waals surface area contributed by atoms with E-state index in [1.54, 1.807) is 0 Å². The van der Waals surface area contributed by atoms with E-state index in [-0.39, 0.29) is 23.7 Å². The molecule has 1 rings (SSSR count). The van der Waals surface area contributed by atoms with Crippen molar-refractivity contribution in [3.63, 3.8) is 0 Å². The fraction of sp³-hybridized carbons (Fsp3) is 0.250. The zero-order valence-corrected chi connectivity index (χ0v) is 7.84. The van der Waals surface area contributed by atoms with Crippen molar-refractivity contribution in [2.75, 3.05) is 0 Å². The van der Waals surface area contributed by atoms with Crippen molar-refractivity contribution in [1.82, 2.24) is 0 Å². The Morgan fingerprint density at radius 3 is 2.21 bits per heavy atom. The molecule has 0 aliphatic rings. The highest BCUT2D eigenvalue weighted by Gasteiger charge is 2.20. The molecule has 0 bridgehead atoms. The molecule has 0 aromatic heterocycles. The lowest BCUT2D eigenvalue weighted by Crippen LogP contribution is -2.18. The van der Waals surface area contributed by atoms with Crippen LogP contribution in [0, 0.1) is 0 Å². The predicted octanol–water partition coefficient (Wildman–Crippen LogP) is 1.78. The van der Waals surface area contributed by atoms with Crippen LogP contribution < -0.4 is 5.73 Å². The van der Waals surface area contributed by atoms with Crippen molar-refractivity contribution in [2.45, 2.75) is 12.5 Å². The van der Waals surface area contributed by atoms with Crippen molar-refractivity contribution in [2.24, 2.45) is 5.73 Å². The third kappa shape index (κ3) is 2.71. The summed E-state index contributed by atoms with van der Waals surface area (Å²) in [5.74, 6) is -0.615. The Hall–Kier alpha value is -1.07. The number of hydrogen-bond acceptors (Lipinski definition) is 3. The largest absolute Gasteiger partial charge is 0.508 e. The van der Waals surface area contributed by atoms with Gasteiger partial charge >= 0.3 is 0 Å². The SMILES string of the molecule is Cl.N[C@@H](c1ccc(O)cc1O)C(F)F. The van der Waals surface area contributed by atoms with Crippen molar-refractivity contribution in [3.8, 4) is 11.5 Å². The van der Waals surface area contributed by atoms with E-state index >= 15 is 0 Å². The Morgan fingerprint density at radius 1 is 1.21 bits per heavy atom. The number of halogens is 3. The lowest BCUT2D eigenvalue weighted by atomic mass is 10.1. The molecular formula is C8H10ClF2NO2. The molecule has 14 heavy (non-hydrogen) atoms. The molecule has 0 amide bonds. The summed E-state index contributed by atoms with van der Waals surface area (Å²) >= 11 is 0. The zero-order valence-electron chi connectivity index (χ0n) is 7.02. The minimum Gasteiger partial charge on any atom is -0.508 e. The molecule has 0 fully saturated rings. The number of rotatable bonds is 2. The molecule has 0 radical (unpaired) electrons. The number of nitrogens with two attached hydrogens (primary N) is 1. The quantitative estimate of drug-likeness (QED) is 0.719. The van der Waals surface area contributed by atoms with Gasteiger partial charge in [0.2, 0.25) is 0 Å². The van der Waals surface area contributed by atoms with Crippen LogP contribution in [0.4, 0.5) is 8.78 Å². The molecule has 0 heterocycles. The van der Waals surface area contributed by atoms with Gasteiger partial charge in [0.25, 0.3) is 6.43 Å². The van der Waals surface area contributed by atoms with Gasteiger partial charge in [-0.05, 0) is 12.1 Å². The van der Waals surface area contributed by atoms with Gasteiger partial charge in [-0.1, -0.05) is 0 Å². The summed E-state index contributed by atoms with van der Waals surface area (Å²) in [7, 11) is 0. The van der Waals surface area contributed by atoms with Crippen LogP contribution in [0.2, 0.25) is 0 Å². The number of phenolic OH excluding ortho intramolecular Hbond substituents is 2. The molecule has 0 saturated carbocycles. The van der Waals surface area contributed by atoms with Crippen LogP contribution in [0.25, 0.3) is 0 Å². The molecule has 1 aromatic carbocycles. The van der Waals surface area contributed by atoms with Crippen molar-refractivity contribution < 1.29 is 19.0 Å². The van der Waals surface area contributed by atoms with Crippen LogP contribution in [-0.2, 0) is 0 Å². The maximum absolute atomic E-state index is 12.1. The van der Waals surface area contributed by atoms with E-state index in [9.17, 15) is 8.78 Å². The summed E-state index contributed by atoms with van der Waals surface area (Å²) in [5, 5.41) is 18.0. The highest BCUT2D eigenvalue weighted by atomic mass is 35.5. The monoisotopic (exact) mass is 225 g/mol. The summed E-state index contributed by atoms with van der Waals surface area (Å²) < 4.78 is 24.2. The molecular weight excluding hydrogens is 216 g/mol. The molecule has 0 aliphatic carbocycles. The third-order valence-electron chi connectivity index (χ3n) is 1.64. The first-order chi connectivity index (χ1) is 6.02. The van der Waals surface area contributed by atoms with Crippen LogP contribution in [0.5, 0.6) is 11.5 Å². The minimum absolute atomic E-state index is 0. The van der Waals surface area contributed by atoms with Gasteiger partial charge in [-0.2, -0.15) is 0 Å². The first-order valence-electron chi connectivity index (χ1n) is 3.58. The highest BCUT2D eigenvalue weighted by molar-refractivity contribution is 5.85. The van der Waals surface area contributed by atoms with Gasteiger partial charge in [0, 0.05) is 11.6 Å². The van der Waals surface area contributed by atoms with Crippen molar-refractivity contribution >= 4 is 12.4 Å². The summed E-state index contributed by atoms with van der Waals surface area (Å²) in [6, 6.07) is 1.80. The first-order valence-corrected chi connectivity index (χ1v) is 3.58. The van der Waals surface area contributed by atoms with Crippen LogP contribution in [0.3, 0.4) is 0 Å². The van der Waals surface area contributed by atoms with E-state index in [0.717, 1.165) is 6.07 Å². The van der Waals surface area contributed by atoms with Crippen LogP contribution in [0.15, 0.2) is 18.2 Å². The van der Waals surface area contributed by atoms with Crippen LogP contribution in [0.1, 0.15) is 11.6 Å². The number of benzene rings is 1. The summed E-state index contributed by atoms with van der Waals surface area (Å²) in [6.45, 7) is 0. The van der Waals surface area contributed by atoms with E-state index in [1.165, 1.54) is 12.1 Å². The average molecular weight is 226 g/mol. The van der Waals surface area contributed by atoms with Gasteiger partial charge in [-0.25, -0.2) is 8.78 Å². The molecule has 4 N–H and O–H groups in total. The Balaban J connectivity index is 0.00000169. The molecule has 0 spiro atoms. The maximum atomic E-state index is 12.1. The molecule has 0 aliphatic heterocycles. The molecule has 1 aromatic rings. The minimum atomic E-state index is -2.74. The molecule has 1 atom stereocenters. The average Bonchev–Trinajstić information content (AvgIpc) is 2.03. The molecule has 6 heteroatoms. The van der Waals surface area contributed by atoms with E-state index in [0.29, 0.717) is 0 Å². The zero-order chi connectivity index (χ0) is 10.0. The molecule has 0 unspecified atom stereocenters. The lowest BCUT2D eigenvalue weighted by molar-refractivity contribution is 0.115. The van der Waals surface area contributed by atoms with Crippen LogP contribution in [-0.4, -0.2) is 16.6 Å². The Bertz CT molecular complexity index is 309. The van der Waals surface area contributed by atoms with E-state index in [4.69, 9.17) is 15.9 Å². The first kappa shape index (κ1) is 12.9. The smallest absolute Gasteiger partial charge is 0.257 e. The second kappa shape index (κ2) is 4.97. The van der Waals surface area contributed by atoms with Crippen LogP contribution >= 0.6 is 12.4 Å². The summed E-state index contributed by atoms with van der Waals surface area (Å²) in [6.07, 6.45) is -2.74. The Morgan fingerprint density at radius 2 is 1.79 bits per heavy atom. The van der Waals surface area contributed by atoms with E-state index in [1.807, 2.05) is 0 Å². The number of phenols is 2. The maximum Gasteiger partial charge on any atom is 0.257 e. The molecule has 80 valence electrons. The van der Waals surface area contributed by atoms with Gasteiger partial charge in [-0.15, -0.1) is 12.4 Å².